The summed E-state index contributed by atoms with van der Waals surface area (Å²) in [6.07, 6.45) is 0. The average Bonchev–Trinajstić information content (AvgIpc) is 2.82. The Morgan fingerprint density at radius 1 is 0.839 bits per heavy atom. The molecule has 3 aromatic carbocycles. The van der Waals surface area contributed by atoms with Crippen LogP contribution in [0.2, 0.25) is 0 Å². The van der Waals surface area contributed by atoms with E-state index in [1.165, 1.54) is 16.8 Å². The van der Waals surface area contributed by atoms with Crippen LogP contribution in [0.3, 0.4) is 0 Å². The van der Waals surface area contributed by atoms with E-state index in [0.717, 1.165) is 22.3 Å². The fraction of sp³-hybridized carbons (Fsp3) is 0.115. The lowest BCUT2D eigenvalue weighted by Gasteiger charge is -2.15. The second-order valence-electron chi connectivity index (χ2n) is 7.38. The zero-order chi connectivity index (χ0) is 21.6. The summed E-state index contributed by atoms with van der Waals surface area (Å²) in [5.74, 6) is -0.318. The standard InChI is InChI=1S/C26H23N3O2/c1-19(21-12-14-23(15-13-21)22-10-6-3-7-11-22)27-26(31)24-16-17-25(30)29(28-24)18-20-8-4-2-5-9-20/h2-17,19H,18H2,1H3,(H,27,31). The number of hydrogen-bond donors (Lipinski definition) is 1. The third-order valence-corrected chi connectivity index (χ3v) is 5.14. The van der Waals surface area contributed by atoms with Gasteiger partial charge in [0.05, 0.1) is 12.6 Å². The normalized spacial score (nSPS) is 11.6. The summed E-state index contributed by atoms with van der Waals surface area (Å²) in [4.78, 5) is 24.9. The zero-order valence-corrected chi connectivity index (χ0v) is 17.2. The molecule has 0 spiro atoms. The quantitative estimate of drug-likeness (QED) is 0.512. The van der Waals surface area contributed by atoms with Crippen molar-refractivity contribution in [1.82, 2.24) is 15.1 Å². The second-order valence-corrected chi connectivity index (χ2v) is 7.38. The number of nitrogens with zero attached hydrogens (tertiary/aromatic N) is 2. The molecule has 1 unspecified atom stereocenters. The van der Waals surface area contributed by atoms with Crippen LogP contribution in [-0.2, 0) is 6.54 Å². The van der Waals surface area contributed by atoms with Crippen molar-refractivity contribution in [3.05, 3.63) is 124 Å². The Hall–Kier alpha value is -3.99. The van der Waals surface area contributed by atoms with Gasteiger partial charge in [-0.25, -0.2) is 4.68 Å². The molecule has 0 aliphatic carbocycles. The first-order chi connectivity index (χ1) is 15.1. The van der Waals surface area contributed by atoms with Gasteiger partial charge in [-0.15, -0.1) is 0 Å². The van der Waals surface area contributed by atoms with E-state index in [4.69, 9.17) is 0 Å². The SMILES string of the molecule is CC(NC(=O)c1ccc(=O)n(Cc2ccccc2)n1)c1ccc(-c2ccccc2)cc1. The molecule has 1 atom stereocenters. The van der Waals surface area contributed by atoms with Crippen LogP contribution in [0.15, 0.2) is 102 Å². The van der Waals surface area contributed by atoms with Gasteiger partial charge in [-0.1, -0.05) is 84.9 Å². The molecule has 0 saturated heterocycles. The highest BCUT2D eigenvalue weighted by molar-refractivity contribution is 5.92. The Morgan fingerprint density at radius 2 is 1.45 bits per heavy atom. The smallest absolute Gasteiger partial charge is 0.272 e. The first-order valence-corrected chi connectivity index (χ1v) is 10.2. The van der Waals surface area contributed by atoms with Gasteiger partial charge in [0.15, 0.2) is 0 Å². The Labute approximate surface area is 181 Å². The Morgan fingerprint density at radius 3 is 2.13 bits per heavy atom. The summed E-state index contributed by atoms with van der Waals surface area (Å²) < 4.78 is 1.31. The number of carbonyl (C=O) groups is 1. The highest BCUT2D eigenvalue weighted by atomic mass is 16.2. The van der Waals surface area contributed by atoms with E-state index in [-0.39, 0.29) is 23.2 Å². The molecule has 0 bridgehead atoms. The first-order valence-electron chi connectivity index (χ1n) is 10.2. The second kappa shape index (κ2) is 9.22. The number of nitrogens with one attached hydrogen (secondary N) is 1. The van der Waals surface area contributed by atoms with Crippen molar-refractivity contribution in [2.24, 2.45) is 0 Å². The molecule has 5 nitrogen and oxygen atoms in total. The van der Waals surface area contributed by atoms with Crippen molar-refractivity contribution in [1.29, 1.82) is 0 Å². The van der Waals surface area contributed by atoms with Crippen LogP contribution >= 0.6 is 0 Å². The topological polar surface area (TPSA) is 64.0 Å². The summed E-state index contributed by atoms with van der Waals surface area (Å²) in [6.45, 7) is 2.24. The molecule has 1 N–H and O–H groups in total. The average molecular weight is 409 g/mol. The molecule has 4 aromatic rings. The maximum absolute atomic E-state index is 12.7. The van der Waals surface area contributed by atoms with E-state index in [1.807, 2.05) is 79.7 Å². The summed E-state index contributed by atoms with van der Waals surface area (Å²) >= 11 is 0. The van der Waals surface area contributed by atoms with Crippen LogP contribution in [0.1, 0.15) is 34.6 Å². The van der Waals surface area contributed by atoms with Crippen LogP contribution in [0, 0.1) is 0 Å². The molecule has 0 saturated carbocycles. The molecule has 1 amide bonds. The van der Waals surface area contributed by atoms with E-state index in [2.05, 4.69) is 22.5 Å². The minimum Gasteiger partial charge on any atom is -0.344 e. The maximum atomic E-state index is 12.7. The maximum Gasteiger partial charge on any atom is 0.272 e. The first kappa shape index (κ1) is 20.3. The summed E-state index contributed by atoms with van der Waals surface area (Å²) in [5, 5.41) is 7.23. The van der Waals surface area contributed by atoms with Crippen molar-refractivity contribution in [3.8, 4) is 11.1 Å². The van der Waals surface area contributed by atoms with E-state index in [1.54, 1.807) is 0 Å². The van der Waals surface area contributed by atoms with Crippen molar-refractivity contribution >= 4 is 5.91 Å². The molecule has 0 aliphatic heterocycles. The van der Waals surface area contributed by atoms with Gasteiger partial charge in [0, 0.05) is 6.07 Å². The van der Waals surface area contributed by atoms with Crippen molar-refractivity contribution in [2.75, 3.05) is 0 Å². The van der Waals surface area contributed by atoms with Crippen molar-refractivity contribution in [2.45, 2.75) is 19.5 Å². The van der Waals surface area contributed by atoms with Gasteiger partial charge >= 0.3 is 0 Å². The van der Waals surface area contributed by atoms with E-state index >= 15 is 0 Å². The minimum absolute atomic E-state index is 0.200. The lowest BCUT2D eigenvalue weighted by atomic mass is 10.0. The molecular weight excluding hydrogens is 386 g/mol. The number of amides is 1. The van der Waals surface area contributed by atoms with Gasteiger partial charge < -0.3 is 5.32 Å². The van der Waals surface area contributed by atoms with E-state index < -0.39 is 0 Å². The van der Waals surface area contributed by atoms with Crippen LogP contribution in [0.5, 0.6) is 0 Å². The molecule has 4 rings (SSSR count). The van der Waals surface area contributed by atoms with Gasteiger partial charge in [-0.05, 0) is 35.2 Å². The minimum atomic E-state index is -0.318. The molecule has 0 radical (unpaired) electrons. The number of aromatic nitrogens is 2. The fourth-order valence-corrected chi connectivity index (χ4v) is 3.39. The number of carbonyl (C=O) groups excluding carboxylic acids is 1. The molecule has 0 fully saturated rings. The number of benzene rings is 3. The third kappa shape index (κ3) is 4.95. The molecule has 1 heterocycles. The van der Waals surface area contributed by atoms with E-state index in [9.17, 15) is 9.59 Å². The Balaban J connectivity index is 1.46. The van der Waals surface area contributed by atoms with Gasteiger partial charge in [0.25, 0.3) is 11.5 Å². The predicted molar refractivity (Wildman–Crippen MR) is 122 cm³/mol. The lowest BCUT2D eigenvalue weighted by Crippen LogP contribution is -2.31. The van der Waals surface area contributed by atoms with Gasteiger partial charge in [0.2, 0.25) is 0 Å². The Bertz CT molecular complexity index is 1220. The Kier molecular flexibility index (Phi) is 6.03. The zero-order valence-electron chi connectivity index (χ0n) is 17.2. The van der Waals surface area contributed by atoms with Crippen LogP contribution in [0.25, 0.3) is 11.1 Å². The fourth-order valence-electron chi connectivity index (χ4n) is 3.39. The van der Waals surface area contributed by atoms with Crippen LogP contribution in [0.4, 0.5) is 0 Å². The molecular formula is C26H23N3O2. The van der Waals surface area contributed by atoms with E-state index in [0.29, 0.717) is 6.54 Å². The predicted octanol–water partition coefficient (Wildman–Crippen LogP) is 4.45. The monoisotopic (exact) mass is 409 g/mol. The van der Waals surface area contributed by atoms with Crippen LogP contribution in [-0.4, -0.2) is 15.7 Å². The van der Waals surface area contributed by atoms with Crippen molar-refractivity contribution in [3.63, 3.8) is 0 Å². The van der Waals surface area contributed by atoms with Crippen LogP contribution < -0.4 is 10.9 Å². The summed E-state index contributed by atoms with van der Waals surface area (Å²) in [6, 6.07) is 30.5. The molecule has 5 heteroatoms. The molecule has 31 heavy (non-hydrogen) atoms. The highest BCUT2D eigenvalue weighted by Crippen LogP contribution is 2.21. The number of hydrogen-bond acceptors (Lipinski definition) is 3. The van der Waals surface area contributed by atoms with Crippen molar-refractivity contribution < 1.29 is 4.79 Å². The largest absolute Gasteiger partial charge is 0.344 e. The molecule has 0 aliphatic rings. The van der Waals surface area contributed by atoms with Gasteiger partial charge in [-0.2, -0.15) is 5.10 Å². The summed E-state index contributed by atoms with van der Waals surface area (Å²) in [5.41, 5.74) is 4.17. The molecule has 1 aromatic heterocycles. The highest BCUT2D eigenvalue weighted by Gasteiger charge is 2.14. The van der Waals surface area contributed by atoms with Gasteiger partial charge in [-0.3, -0.25) is 9.59 Å². The summed E-state index contributed by atoms with van der Waals surface area (Å²) in [7, 11) is 0. The lowest BCUT2D eigenvalue weighted by molar-refractivity contribution is 0.0932. The van der Waals surface area contributed by atoms with Gasteiger partial charge in [0.1, 0.15) is 5.69 Å². The number of rotatable bonds is 6. The third-order valence-electron chi connectivity index (χ3n) is 5.14. The molecule has 154 valence electrons.